The van der Waals surface area contributed by atoms with Gasteiger partial charge in [-0.2, -0.15) is 0 Å². The zero-order valence-corrected chi connectivity index (χ0v) is 11.2. The smallest absolute Gasteiger partial charge is 0.328 e. The molecule has 2 aromatic rings. The number of aryl methyl sites for hydroxylation is 1. The highest BCUT2D eigenvalue weighted by Gasteiger charge is 2.21. The molecule has 0 saturated heterocycles. The summed E-state index contributed by atoms with van der Waals surface area (Å²) in [6, 6.07) is 7.02. The Morgan fingerprint density at radius 1 is 1.53 bits per heavy atom. The van der Waals surface area contributed by atoms with Crippen LogP contribution < -0.4 is 5.73 Å². The van der Waals surface area contributed by atoms with Crippen LogP contribution in [0.3, 0.4) is 0 Å². The first-order valence-corrected chi connectivity index (χ1v) is 5.92. The lowest BCUT2D eigenvalue weighted by Crippen LogP contribution is -2.24. The highest BCUT2D eigenvalue weighted by atomic mass is 79.9. The molecule has 1 aromatic carbocycles. The van der Waals surface area contributed by atoms with Crippen LogP contribution in [-0.4, -0.2) is 17.6 Å². The molecule has 0 aliphatic rings. The number of methoxy groups -OCH3 is 1. The minimum absolute atomic E-state index is 0.438. The van der Waals surface area contributed by atoms with Crippen LogP contribution in [0.4, 0.5) is 0 Å². The fraction of sp³-hybridized carbons (Fsp3) is 0.250. The van der Waals surface area contributed by atoms with Gasteiger partial charge in [0.2, 0.25) is 0 Å². The second-order valence-electron chi connectivity index (χ2n) is 3.80. The predicted octanol–water partition coefficient (Wildman–Crippen LogP) is 2.11. The Labute approximate surface area is 107 Å². The fourth-order valence-corrected chi connectivity index (χ4v) is 2.36. The Hall–Kier alpha value is -1.33. The van der Waals surface area contributed by atoms with Gasteiger partial charge in [-0.3, -0.25) is 0 Å². The largest absolute Gasteiger partial charge is 0.468 e. The van der Waals surface area contributed by atoms with Crippen LogP contribution in [0.25, 0.3) is 10.9 Å². The molecular weight excluding hydrogens is 284 g/mol. The average molecular weight is 297 g/mol. The molecule has 1 aromatic heterocycles. The summed E-state index contributed by atoms with van der Waals surface area (Å²) in [5, 5.41) is 1.03. The van der Waals surface area contributed by atoms with Gasteiger partial charge in [0.05, 0.1) is 7.11 Å². The van der Waals surface area contributed by atoms with Gasteiger partial charge >= 0.3 is 5.97 Å². The average Bonchev–Trinajstić information content (AvgIpc) is 2.67. The van der Waals surface area contributed by atoms with E-state index in [0.29, 0.717) is 0 Å². The lowest BCUT2D eigenvalue weighted by atomic mass is 10.2. The molecule has 90 valence electrons. The predicted molar refractivity (Wildman–Crippen MR) is 69.6 cm³/mol. The van der Waals surface area contributed by atoms with Crippen molar-refractivity contribution in [3.05, 3.63) is 34.4 Å². The number of nitrogens with two attached hydrogens (primary N) is 1. The SMILES string of the molecule is COC(=O)C(N)c1cc2c(Br)cccc2n1C. The Balaban J connectivity index is 2.60. The Bertz CT molecular complexity index is 577. The summed E-state index contributed by atoms with van der Waals surface area (Å²) in [4.78, 5) is 11.5. The van der Waals surface area contributed by atoms with E-state index in [1.54, 1.807) is 0 Å². The van der Waals surface area contributed by atoms with Gasteiger partial charge in [0.25, 0.3) is 0 Å². The molecule has 0 bridgehead atoms. The van der Waals surface area contributed by atoms with E-state index in [1.807, 2.05) is 35.9 Å². The minimum Gasteiger partial charge on any atom is -0.468 e. The molecule has 0 saturated carbocycles. The highest BCUT2D eigenvalue weighted by molar-refractivity contribution is 9.10. The molecule has 0 radical (unpaired) electrons. The first kappa shape index (κ1) is 12.1. The maximum absolute atomic E-state index is 11.5. The molecular formula is C12H13BrN2O2. The molecule has 0 spiro atoms. The lowest BCUT2D eigenvalue weighted by molar-refractivity contribution is -0.142. The van der Waals surface area contributed by atoms with Crippen molar-refractivity contribution in [1.82, 2.24) is 4.57 Å². The number of carbonyl (C=O) groups is 1. The third-order valence-corrected chi connectivity index (χ3v) is 3.54. The van der Waals surface area contributed by atoms with E-state index in [4.69, 9.17) is 5.73 Å². The number of benzene rings is 1. The van der Waals surface area contributed by atoms with Gasteiger partial charge in [0.15, 0.2) is 0 Å². The monoisotopic (exact) mass is 296 g/mol. The van der Waals surface area contributed by atoms with Gasteiger partial charge in [-0.05, 0) is 18.2 Å². The second-order valence-corrected chi connectivity index (χ2v) is 4.66. The van der Waals surface area contributed by atoms with E-state index in [9.17, 15) is 4.79 Å². The Morgan fingerprint density at radius 3 is 2.82 bits per heavy atom. The molecule has 5 heteroatoms. The standard InChI is InChI=1S/C12H13BrN2O2/c1-15-9-5-3-4-8(13)7(9)6-10(15)11(14)12(16)17-2/h3-6,11H,14H2,1-2H3. The van der Waals surface area contributed by atoms with Crippen molar-refractivity contribution >= 4 is 32.8 Å². The van der Waals surface area contributed by atoms with Crippen molar-refractivity contribution in [2.24, 2.45) is 12.8 Å². The third kappa shape index (κ3) is 1.96. The molecule has 0 aliphatic heterocycles. The summed E-state index contributed by atoms with van der Waals surface area (Å²) < 4.78 is 7.54. The number of fused-ring (bicyclic) bond motifs is 1. The maximum Gasteiger partial charge on any atom is 0.328 e. The van der Waals surface area contributed by atoms with Gasteiger partial charge in [0, 0.05) is 28.1 Å². The van der Waals surface area contributed by atoms with Crippen molar-refractivity contribution < 1.29 is 9.53 Å². The normalized spacial score (nSPS) is 12.7. The van der Waals surface area contributed by atoms with Gasteiger partial charge in [0.1, 0.15) is 6.04 Å². The summed E-state index contributed by atoms with van der Waals surface area (Å²) in [6.45, 7) is 0. The lowest BCUT2D eigenvalue weighted by Gasteiger charge is -2.10. The van der Waals surface area contributed by atoms with Crippen molar-refractivity contribution in [3.8, 4) is 0 Å². The summed E-state index contributed by atoms with van der Waals surface area (Å²) in [6.07, 6.45) is 0. The van der Waals surface area contributed by atoms with Crippen LogP contribution >= 0.6 is 15.9 Å². The Morgan fingerprint density at radius 2 is 2.24 bits per heavy atom. The first-order chi connectivity index (χ1) is 8.06. The summed E-state index contributed by atoms with van der Waals surface area (Å²) >= 11 is 3.48. The molecule has 0 fully saturated rings. The zero-order chi connectivity index (χ0) is 12.6. The topological polar surface area (TPSA) is 57.2 Å². The van der Waals surface area contributed by atoms with Gasteiger partial charge in [-0.25, -0.2) is 4.79 Å². The summed E-state index contributed by atoms with van der Waals surface area (Å²) in [5.41, 5.74) is 7.61. The number of esters is 1. The molecule has 0 amide bonds. The van der Waals surface area contributed by atoms with E-state index in [-0.39, 0.29) is 0 Å². The van der Waals surface area contributed by atoms with Crippen LogP contribution in [0.1, 0.15) is 11.7 Å². The van der Waals surface area contributed by atoms with Crippen LogP contribution in [0.15, 0.2) is 28.7 Å². The molecule has 2 rings (SSSR count). The van der Waals surface area contributed by atoms with E-state index >= 15 is 0 Å². The molecule has 0 aliphatic carbocycles. The van der Waals surface area contributed by atoms with Crippen molar-refractivity contribution in [2.75, 3.05) is 7.11 Å². The summed E-state index contributed by atoms with van der Waals surface area (Å²) in [7, 11) is 3.22. The van der Waals surface area contributed by atoms with Crippen molar-refractivity contribution in [1.29, 1.82) is 0 Å². The van der Waals surface area contributed by atoms with E-state index in [2.05, 4.69) is 20.7 Å². The Kier molecular flexibility index (Phi) is 3.22. The molecule has 4 nitrogen and oxygen atoms in total. The highest BCUT2D eigenvalue weighted by Crippen LogP contribution is 2.28. The number of ether oxygens (including phenoxy) is 1. The fourth-order valence-electron chi connectivity index (χ4n) is 1.89. The van der Waals surface area contributed by atoms with Crippen molar-refractivity contribution in [2.45, 2.75) is 6.04 Å². The van der Waals surface area contributed by atoms with Gasteiger partial charge in [-0.15, -0.1) is 0 Å². The molecule has 2 N–H and O–H groups in total. The van der Waals surface area contributed by atoms with Gasteiger partial charge in [-0.1, -0.05) is 22.0 Å². The van der Waals surface area contributed by atoms with Gasteiger partial charge < -0.3 is 15.0 Å². The molecule has 17 heavy (non-hydrogen) atoms. The van der Waals surface area contributed by atoms with Crippen LogP contribution in [0, 0.1) is 0 Å². The number of hydrogen-bond acceptors (Lipinski definition) is 3. The molecule has 1 heterocycles. The number of aromatic nitrogens is 1. The van der Waals surface area contributed by atoms with E-state index < -0.39 is 12.0 Å². The van der Waals surface area contributed by atoms with E-state index in [0.717, 1.165) is 21.1 Å². The van der Waals surface area contributed by atoms with Crippen LogP contribution in [0.2, 0.25) is 0 Å². The molecule has 1 atom stereocenters. The van der Waals surface area contributed by atoms with Crippen LogP contribution in [-0.2, 0) is 16.6 Å². The minimum atomic E-state index is -0.760. The quantitative estimate of drug-likeness (QED) is 0.864. The third-order valence-electron chi connectivity index (χ3n) is 2.84. The molecule has 1 unspecified atom stereocenters. The first-order valence-electron chi connectivity index (χ1n) is 5.13. The van der Waals surface area contributed by atoms with E-state index in [1.165, 1.54) is 7.11 Å². The summed E-state index contributed by atoms with van der Waals surface area (Å²) in [5.74, 6) is -0.438. The second kappa shape index (κ2) is 4.50. The number of hydrogen-bond donors (Lipinski definition) is 1. The number of nitrogens with zero attached hydrogens (tertiary/aromatic N) is 1. The maximum atomic E-state index is 11.5. The zero-order valence-electron chi connectivity index (χ0n) is 9.61. The van der Waals surface area contributed by atoms with Crippen molar-refractivity contribution in [3.63, 3.8) is 0 Å². The number of halogens is 1. The number of carbonyl (C=O) groups excluding carboxylic acids is 1. The number of rotatable bonds is 2. The van der Waals surface area contributed by atoms with Crippen LogP contribution in [0.5, 0.6) is 0 Å².